The Kier molecular flexibility index (Phi) is 5.39. The van der Waals surface area contributed by atoms with Gasteiger partial charge in [-0.25, -0.2) is 9.79 Å². The lowest BCUT2D eigenvalue weighted by molar-refractivity contribution is -0.130. The van der Waals surface area contributed by atoms with Crippen molar-refractivity contribution in [2.24, 2.45) is 10.7 Å². The average Bonchev–Trinajstić information content (AvgIpc) is 3.14. The zero-order valence-electron chi connectivity index (χ0n) is 15.9. The van der Waals surface area contributed by atoms with Crippen LogP contribution in [-0.2, 0) is 14.3 Å². The summed E-state index contributed by atoms with van der Waals surface area (Å²) in [4.78, 5) is 27.3. The van der Waals surface area contributed by atoms with Crippen molar-refractivity contribution in [3.63, 3.8) is 0 Å². The Morgan fingerprint density at radius 1 is 0.900 bits per heavy atom. The fourth-order valence-electron chi connectivity index (χ4n) is 2.94. The third-order valence-electron chi connectivity index (χ3n) is 4.42. The summed E-state index contributed by atoms with van der Waals surface area (Å²) < 4.78 is 10.5. The predicted molar refractivity (Wildman–Crippen MR) is 114 cm³/mol. The first-order valence-corrected chi connectivity index (χ1v) is 9.28. The smallest absolute Gasteiger partial charge is 0.363 e. The summed E-state index contributed by atoms with van der Waals surface area (Å²) in [5.74, 6) is -0.278. The van der Waals surface area contributed by atoms with Gasteiger partial charge in [-0.05, 0) is 47.0 Å². The van der Waals surface area contributed by atoms with Crippen molar-refractivity contribution in [3.8, 4) is 16.9 Å². The van der Waals surface area contributed by atoms with Crippen LogP contribution in [0.5, 0.6) is 5.75 Å². The SMILES string of the molecule is NC(=O)COc1ccc(/C=C2\N=C(c3ccc(-c4ccccc4)cc3)OC2=O)cc1. The van der Waals surface area contributed by atoms with Gasteiger partial charge in [0.15, 0.2) is 12.3 Å². The van der Waals surface area contributed by atoms with Gasteiger partial charge >= 0.3 is 5.97 Å². The van der Waals surface area contributed by atoms with Crippen molar-refractivity contribution in [2.75, 3.05) is 6.61 Å². The third-order valence-corrected chi connectivity index (χ3v) is 4.42. The van der Waals surface area contributed by atoms with Crippen molar-refractivity contribution in [1.82, 2.24) is 0 Å². The molecule has 1 aliphatic rings. The first-order valence-electron chi connectivity index (χ1n) is 9.28. The van der Waals surface area contributed by atoms with Crippen LogP contribution in [0.25, 0.3) is 17.2 Å². The van der Waals surface area contributed by atoms with Crippen LogP contribution in [-0.4, -0.2) is 24.4 Å². The molecule has 0 fully saturated rings. The van der Waals surface area contributed by atoms with Crippen LogP contribution in [0.2, 0.25) is 0 Å². The van der Waals surface area contributed by atoms with E-state index in [0.29, 0.717) is 5.75 Å². The minimum atomic E-state index is -0.548. The molecular formula is C24H18N2O4. The van der Waals surface area contributed by atoms with Crippen molar-refractivity contribution in [3.05, 3.63) is 95.7 Å². The number of carbonyl (C=O) groups excluding carboxylic acids is 2. The summed E-state index contributed by atoms with van der Waals surface area (Å²) in [7, 11) is 0. The lowest BCUT2D eigenvalue weighted by Gasteiger charge is -2.03. The Balaban J connectivity index is 1.50. The van der Waals surface area contributed by atoms with E-state index in [-0.39, 0.29) is 18.2 Å². The Morgan fingerprint density at radius 3 is 2.20 bits per heavy atom. The van der Waals surface area contributed by atoms with E-state index in [9.17, 15) is 9.59 Å². The maximum atomic E-state index is 12.2. The summed E-state index contributed by atoms with van der Waals surface area (Å²) in [6.07, 6.45) is 1.63. The van der Waals surface area contributed by atoms with Gasteiger partial charge in [-0.15, -0.1) is 0 Å². The Bertz CT molecular complexity index is 1130. The fourth-order valence-corrected chi connectivity index (χ4v) is 2.94. The number of rotatable bonds is 6. The molecule has 6 heteroatoms. The van der Waals surface area contributed by atoms with Gasteiger partial charge in [-0.1, -0.05) is 54.6 Å². The van der Waals surface area contributed by atoms with Gasteiger partial charge in [0.1, 0.15) is 5.75 Å². The molecule has 0 aliphatic carbocycles. The monoisotopic (exact) mass is 398 g/mol. The van der Waals surface area contributed by atoms with Crippen LogP contribution in [0.1, 0.15) is 11.1 Å². The van der Waals surface area contributed by atoms with Crippen LogP contribution in [0, 0.1) is 0 Å². The molecule has 30 heavy (non-hydrogen) atoms. The van der Waals surface area contributed by atoms with Crippen LogP contribution in [0.4, 0.5) is 0 Å². The maximum Gasteiger partial charge on any atom is 0.363 e. The first kappa shape index (κ1) is 19.1. The molecule has 0 unspecified atom stereocenters. The lowest BCUT2D eigenvalue weighted by atomic mass is 10.0. The number of nitrogens with two attached hydrogens (primary N) is 1. The Hall–Kier alpha value is -4.19. The van der Waals surface area contributed by atoms with E-state index in [4.69, 9.17) is 15.2 Å². The maximum absolute atomic E-state index is 12.2. The highest BCUT2D eigenvalue weighted by molar-refractivity contribution is 6.13. The summed E-state index contributed by atoms with van der Waals surface area (Å²) in [5, 5.41) is 0. The molecule has 1 aliphatic heterocycles. The zero-order valence-corrected chi connectivity index (χ0v) is 15.9. The molecule has 3 aromatic rings. The number of hydrogen-bond donors (Lipinski definition) is 1. The van der Waals surface area contributed by atoms with Gasteiger partial charge in [-0.3, -0.25) is 4.79 Å². The standard InChI is InChI=1S/C24H18N2O4/c25-22(27)15-29-20-12-6-16(7-13-20)14-21-24(28)30-23(26-21)19-10-8-18(9-11-19)17-4-2-1-3-5-17/h1-14H,15H2,(H2,25,27)/b21-14-. The quantitative estimate of drug-likeness (QED) is 0.508. The van der Waals surface area contributed by atoms with Crippen molar-refractivity contribution in [2.45, 2.75) is 0 Å². The summed E-state index contributed by atoms with van der Waals surface area (Å²) >= 11 is 0. The number of amides is 1. The number of cyclic esters (lactones) is 1. The molecule has 6 nitrogen and oxygen atoms in total. The van der Waals surface area contributed by atoms with E-state index in [1.165, 1.54) is 0 Å². The van der Waals surface area contributed by atoms with Crippen molar-refractivity contribution < 1.29 is 19.1 Å². The van der Waals surface area contributed by atoms with Crippen LogP contribution < -0.4 is 10.5 Å². The van der Waals surface area contributed by atoms with Gasteiger partial charge in [0.25, 0.3) is 5.91 Å². The minimum absolute atomic E-state index is 0.191. The molecule has 0 spiro atoms. The summed E-state index contributed by atoms with van der Waals surface area (Å²) in [6, 6.07) is 24.6. The molecule has 1 heterocycles. The Labute approximate surface area is 173 Å². The number of hydrogen-bond acceptors (Lipinski definition) is 5. The van der Waals surface area contributed by atoms with Crippen LogP contribution in [0.15, 0.2) is 89.6 Å². The highest BCUT2D eigenvalue weighted by Crippen LogP contribution is 2.23. The molecule has 1 amide bonds. The van der Waals surface area contributed by atoms with Crippen molar-refractivity contribution >= 4 is 23.9 Å². The number of ether oxygens (including phenoxy) is 2. The van der Waals surface area contributed by atoms with Crippen LogP contribution >= 0.6 is 0 Å². The number of primary amides is 1. The zero-order chi connectivity index (χ0) is 20.9. The van der Waals surface area contributed by atoms with Crippen LogP contribution in [0.3, 0.4) is 0 Å². The van der Waals surface area contributed by atoms with E-state index in [1.807, 2.05) is 54.6 Å². The molecule has 0 atom stereocenters. The van der Waals surface area contributed by atoms with Gasteiger partial charge in [0.05, 0.1) is 0 Å². The largest absolute Gasteiger partial charge is 0.484 e. The second kappa shape index (κ2) is 8.45. The number of carbonyl (C=O) groups is 2. The fraction of sp³-hybridized carbons (Fsp3) is 0.0417. The normalized spacial score (nSPS) is 14.3. The van der Waals surface area contributed by atoms with Gasteiger partial charge in [0.2, 0.25) is 5.90 Å². The summed E-state index contributed by atoms with van der Waals surface area (Å²) in [6.45, 7) is -0.191. The van der Waals surface area contributed by atoms with Gasteiger partial charge < -0.3 is 15.2 Å². The predicted octanol–water partition coefficient (Wildman–Crippen LogP) is 3.56. The van der Waals surface area contributed by atoms with Gasteiger partial charge in [-0.2, -0.15) is 0 Å². The minimum Gasteiger partial charge on any atom is -0.484 e. The lowest BCUT2D eigenvalue weighted by Crippen LogP contribution is -2.19. The van der Waals surface area contributed by atoms with E-state index in [1.54, 1.807) is 30.3 Å². The van der Waals surface area contributed by atoms with E-state index < -0.39 is 11.9 Å². The molecule has 0 bridgehead atoms. The van der Waals surface area contributed by atoms with E-state index in [2.05, 4.69) is 4.99 Å². The molecule has 0 saturated heterocycles. The Morgan fingerprint density at radius 2 is 1.53 bits per heavy atom. The van der Waals surface area contributed by atoms with Crippen molar-refractivity contribution in [1.29, 1.82) is 0 Å². The number of benzene rings is 3. The highest BCUT2D eigenvalue weighted by Gasteiger charge is 2.24. The molecule has 0 radical (unpaired) electrons. The van der Waals surface area contributed by atoms with E-state index in [0.717, 1.165) is 22.3 Å². The van der Waals surface area contributed by atoms with E-state index >= 15 is 0 Å². The number of nitrogens with zero attached hydrogens (tertiary/aromatic N) is 1. The molecule has 0 saturated carbocycles. The molecule has 2 N–H and O–H groups in total. The average molecular weight is 398 g/mol. The van der Waals surface area contributed by atoms with Gasteiger partial charge in [0, 0.05) is 5.56 Å². The molecule has 3 aromatic carbocycles. The number of esters is 1. The molecule has 4 rings (SSSR count). The summed E-state index contributed by atoms with van der Waals surface area (Å²) in [5.41, 5.74) is 8.91. The number of aliphatic imine (C=N–C) groups is 1. The molecule has 148 valence electrons. The first-order chi connectivity index (χ1) is 14.6. The molecular weight excluding hydrogens is 380 g/mol. The molecule has 0 aromatic heterocycles. The topological polar surface area (TPSA) is 91.0 Å². The second-order valence-corrected chi connectivity index (χ2v) is 6.60. The highest BCUT2D eigenvalue weighted by atomic mass is 16.6. The third kappa shape index (κ3) is 4.44. The second-order valence-electron chi connectivity index (χ2n) is 6.60.